The van der Waals surface area contributed by atoms with E-state index >= 15 is 0 Å². The molecule has 8 aromatic carbocycles. The van der Waals surface area contributed by atoms with Gasteiger partial charge in [0.15, 0.2) is 23.3 Å². The van der Waals surface area contributed by atoms with Gasteiger partial charge in [-0.05, 0) is 36.4 Å². The number of nitrogens with zero attached hydrogens (tertiary/aromatic N) is 8. The minimum absolute atomic E-state index is 0.525. The van der Waals surface area contributed by atoms with Crippen molar-refractivity contribution in [1.29, 1.82) is 0 Å². The number of aromatic nitrogens is 8. The number of hydrogen-bond acceptors (Lipinski definition) is 7. The van der Waals surface area contributed by atoms with E-state index < -0.39 is 0 Å². The first kappa shape index (κ1) is 35.0. The zero-order valence-corrected chi connectivity index (χ0v) is 33.5. The summed E-state index contributed by atoms with van der Waals surface area (Å²) in [6, 6.07) is 65.6. The molecule has 0 N–H and O–H groups in total. The topological polar surface area (TPSA) is 100 Å². The Hall–Kier alpha value is -8.82. The van der Waals surface area contributed by atoms with Crippen LogP contribution >= 0.6 is 0 Å². The average molecular weight is 809 g/mol. The van der Waals surface area contributed by atoms with Gasteiger partial charge in [-0.2, -0.15) is 19.9 Å². The van der Waals surface area contributed by atoms with Crippen LogP contribution in [0.2, 0.25) is 0 Å². The number of hydrogen-bond donors (Lipinski definition) is 0. The van der Waals surface area contributed by atoms with Crippen LogP contribution in [0, 0.1) is 0 Å². The van der Waals surface area contributed by atoms with Gasteiger partial charge in [0.25, 0.3) is 0 Å². The highest BCUT2D eigenvalue weighted by Crippen LogP contribution is 2.44. The first-order valence-electron chi connectivity index (χ1n) is 20.8. The maximum absolute atomic E-state index is 7.23. The largest absolute Gasteiger partial charge is 0.455 e. The molecule has 294 valence electrons. The summed E-state index contributed by atoms with van der Waals surface area (Å²) in [5.74, 6) is 3.43. The van der Waals surface area contributed by atoms with Crippen molar-refractivity contribution in [3.8, 4) is 57.4 Å². The van der Waals surface area contributed by atoms with Crippen LogP contribution in [0.3, 0.4) is 0 Å². The molecule has 0 aliphatic rings. The molecule has 0 aliphatic carbocycles. The Balaban J connectivity index is 1.07. The van der Waals surface area contributed by atoms with Gasteiger partial charge in [0.05, 0.1) is 32.8 Å². The lowest BCUT2D eigenvalue weighted by molar-refractivity contribution is 0.677. The first-order valence-corrected chi connectivity index (χ1v) is 20.8. The molecule has 9 nitrogen and oxygen atoms in total. The second kappa shape index (κ2) is 13.9. The van der Waals surface area contributed by atoms with Crippen LogP contribution in [-0.4, -0.2) is 39.0 Å². The summed E-state index contributed by atoms with van der Waals surface area (Å²) in [6.07, 6.45) is 0. The maximum Gasteiger partial charge on any atom is 0.238 e. The Kier molecular flexibility index (Phi) is 7.70. The Bertz CT molecular complexity index is 3530. The lowest BCUT2D eigenvalue weighted by Gasteiger charge is -2.10. The van der Waals surface area contributed by atoms with E-state index in [2.05, 4.69) is 81.9 Å². The van der Waals surface area contributed by atoms with Crippen LogP contribution in [0.25, 0.3) is 123 Å². The molecule has 0 radical (unpaired) electrons. The van der Waals surface area contributed by atoms with Crippen LogP contribution in [0.4, 0.5) is 0 Å². The van der Waals surface area contributed by atoms with E-state index in [1.54, 1.807) is 0 Å². The molecule has 0 spiro atoms. The van der Waals surface area contributed by atoms with Crippen molar-refractivity contribution in [2.45, 2.75) is 0 Å². The van der Waals surface area contributed by atoms with Gasteiger partial charge in [-0.25, -0.2) is 9.97 Å². The third-order valence-electron chi connectivity index (χ3n) is 11.9. The van der Waals surface area contributed by atoms with E-state index in [-0.39, 0.29) is 0 Å². The van der Waals surface area contributed by atoms with Gasteiger partial charge in [0.1, 0.15) is 11.2 Å². The second-order valence-corrected chi connectivity index (χ2v) is 15.5. The molecule has 0 unspecified atom stereocenters. The smallest absolute Gasteiger partial charge is 0.238 e. The van der Waals surface area contributed by atoms with Gasteiger partial charge in [0.2, 0.25) is 11.9 Å². The van der Waals surface area contributed by atoms with E-state index in [9.17, 15) is 0 Å². The summed E-state index contributed by atoms with van der Waals surface area (Å²) < 4.78 is 11.5. The van der Waals surface area contributed by atoms with Crippen molar-refractivity contribution in [3.05, 3.63) is 194 Å². The molecule has 5 heterocycles. The molecule has 0 bridgehead atoms. The molecule has 0 atom stereocenters. The molecule has 9 heteroatoms. The SMILES string of the molecule is c1ccc(-c2nc(-c3ccccc3)nc(-n3c4ccccc4c4c5oc6c(ccc7c6c6ccccc6n7-c6nc(-c7ccccc7)nc(-c7ccccc7)n6)c5ccc43)n2)cc1. The van der Waals surface area contributed by atoms with Crippen LogP contribution in [0.15, 0.2) is 199 Å². The predicted molar refractivity (Wildman–Crippen MR) is 251 cm³/mol. The fraction of sp³-hybridized carbons (Fsp3) is 0. The molecule has 0 saturated heterocycles. The minimum atomic E-state index is 0.525. The highest BCUT2D eigenvalue weighted by atomic mass is 16.3. The van der Waals surface area contributed by atoms with Crippen LogP contribution in [-0.2, 0) is 0 Å². The van der Waals surface area contributed by atoms with Crippen molar-refractivity contribution < 1.29 is 4.42 Å². The number of para-hydroxylation sites is 2. The minimum Gasteiger partial charge on any atom is -0.455 e. The first-order chi connectivity index (χ1) is 31.2. The predicted octanol–water partition coefficient (Wildman–Crippen LogP) is 12.8. The zero-order chi connectivity index (χ0) is 41.4. The maximum atomic E-state index is 7.23. The van der Waals surface area contributed by atoms with Gasteiger partial charge in [-0.1, -0.05) is 158 Å². The quantitative estimate of drug-likeness (QED) is 0.165. The fourth-order valence-electron chi connectivity index (χ4n) is 9.02. The third-order valence-corrected chi connectivity index (χ3v) is 11.9. The molecule has 63 heavy (non-hydrogen) atoms. The molecule has 13 aromatic rings. The molecule has 5 aromatic heterocycles. The molecule has 0 aliphatic heterocycles. The molecule has 0 saturated carbocycles. The monoisotopic (exact) mass is 808 g/mol. The van der Waals surface area contributed by atoms with Crippen LogP contribution in [0.1, 0.15) is 0 Å². The summed E-state index contributed by atoms with van der Waals surface area (Å²) in [4.78, 5) is 30.5. The Morgan fingerprint density at radius 2 is 0.587 bits per heavy atom. The number of fused-ring (bicyclic) bond motifs is 11. The fourth-order valence-corrected chi connectivity index (χ4v) is 9.02. The van der Waals surface area contributed by atoms with Crippen molar-refractivity contribution in [2.24, 2.45) is 0 Å². The van der Waals surface area contributed by atoms with Crippen LogP contribution < -0.4 is 0 Å². The number of furan rings is 1. The summed E-state index contributed by atoms with van der Waals surface area (Å²) in [5, 5.41) is 6.06. The van der Waals surface area contributed by atoms with Crippen LogP contribution in [0.5, 0.6) is 0 Å². The standard InChI is InChI=1S/C54H32N8O/c1-5-17-33(18-6-1)49-55-50(34-19-7-2-8-20-34)58-53(57-49)61-41-27-15-13-25-39(41)45-43(61)31-29-37-38-30-32-44-46(48(38)63-47(37)45)40-26-14-16-28-42(40)62(44)54-59-51(35-21-9-3-10-22-35)56-52(60-54)36-23-11-4-12-24-36/h1-32H. The number of rotatable bonds is 6. The molecule has 13 rings (SSSR count). The van der Waals surface area contributed by atoms with Crippen molar-refractivity contribution in [3.63, 3.8) is 0 Å². The molecule has 0 amide bonds. The van der Waals surface area contributed by atoms with Gasteiger partial charge in [0, 0.05) is 43.8 Å². The third kappa shape index (κ3) is 5.50. The lowest BCUT2D eigenvalue weighted by Crippen LogP contribution is -2.06. The van der Waals surface area contributed by atoms with E-state index in [1.165, 1.54) is 0 Å². The average Bonchev–Trinajstić information content (AvgIpc) is 4.02. The number of benzene rings is 8. The summed E-state index contributed by atoms with van der Waals surface area (Å²) >= 11 is 0. The van der Waals surface area contributed by atoms with Crippen molar-refractivity contribution in [2.75, 3.05) is 0 Å². The Morgan fingerprint density at radius 1 is 0.270 bits per heavy atom. The normalized spacial score (nSPS) is 11.8. The second-order valence-electron chi connectivity index (χ2n) is 15.5. The molecular formula is C54H32N8O. The Morgan fingerprint density at radius 3 is 0.937 bits per heavy atom. The summed E-state index contributed by atoms with van der Waals surface area (Å²) in [5.41, 5.74) is 9.00. The summed E-state index contributed by atoms with van der Waals surface area (Å²) in [7, 11) is 0. The van der Waals surface area contributed by atoms with Gasteiger partial charge >= 0.3 is 0 Å². The van der Waals surface area contributed by atoms with Crippen molar-refractivity contribution in [1.82, 2.24) is 39.0 Å². The molecular weight excluding hydrogens is 777 g/mol. The van der Waals surface area contributed by atoms with E-state index in [0.29, 0.717) is 35.2 Å². The molecule has 0 fully saturated rings. The van der Waals surface area contributed by atoms with Gasteiger partial charge < -0.3 is 4.42 Å². The lowest BCUT2D eigenvalue weighted by atomic mass is 10.1. The zero-order valence-electron chi connectivity index (χ0n) is 33.5. The summed E-state index contributed by atoms with van der Waals surface area (Å²) in [6.45, 7) is 0. The van der Waals surface area contributed by atoms with E-state index in [0.717, 1.165) is 87.8 Å². The van der Waals surface area contributed by atoms with Gasteiger partial charge in [-0.3, -0.25) is 9.13 Å². The highest BCUT2D eigenvalue weighted by Gasteiger charge is 2.25. The highest BCUT2D eigenvalue weighted by molar-refractivity contribution is 6.28. The van der Waals surface area contributed by atoms with Gasteiger partial charge in [-0.15, -0.1) is 0 Å². The van der Waals surface area contributed by atoms with E-state index in [4.69, 9.17) is 34.3 Å². The van der Waals surface area contributed by atoms with E-state index in [1.807, 2.05) is 121 Å². The van der Waals surface area contributed by atoms with Crippen molar-refractivity contribution >= 4 is 65.6 Å². The Labute approximate surface area is 359 Å².